The highest BCUT2D eigenvalue weighted by Crippen LogP contribution is 2.33. The minimum atomic E-state index is -1.32. The molecule has 4 rings (SSSR count). The molecule has 0 aromatic heterocycles. The Morgan fingerprint density at radius 2 is 0.787 bits per heavy atom. The Kier molecular flexibility index (Phi) is 10.6. The second-order valence-corrected chi connectivity index (χ2v) is 9.89. The van der Waals surface area contributed by atoms with Crippen LogP contribution in [-0.2, 0) is 9.59 Å². The lowest BCUT2D eigenvalue weighted by Crippen LogP contribution is -2.10. The predicted molar refractivity (Wildman–Crippen MR) is 147 cm³/mol. The van der Waals surface area contributed by atoms with Crippen LogP contribution in [0.5, 0.6) is 11.5 Å². The summed E-state index contributed by atoms with van der Waals surface area (Å²) in [6.07, 6.45) is 0.114. The van der Waals surface area contributed by atoms with Crippen molar-refractivity contribution in [3.05, 3.63) is 106 Å². The van der Waals surface area contributed by atoms with E-state index in [4.69, 9.17) is 20.0 Å². The second-order valence-electron chi connectivity index (χ2n) is 9.89. The number of halogens is 8. The van der Waals surface area contributed by atoms with Crippen LogP contribution in [-0.4, -0.2) is 11.9 Å². The van der Waals surface area contributed by atoms with Crippen molar-refractivity contribution in [2.24, 2.45) is 0 Å². The quantitative estimate of drug-likeness (QED) is 0.0735. The number of nitrogens with zero attached hydrogens (tertiary/aromatic N) is 2. The maximum absolute atomic E-state index is 14.6. The summed E-state index contributed by atoms with van der Waals surface area (Å²) in [5, 5.41) is 17.5. The van der Waals surface area contributed by atoms with Crippen LogP contribution in [0.1, 0.15) is 43.2 Å². The minimum Gasteiger partial charge on any atom is -0.426 e. The molecule has 0 bridgehead atoms. The van der Waals surface area contributed by atoms with Crippen molar-refractivity contribution in [1.29, 1.82) is 10.5 Å². The van der Waals surface area contributed by atoms with Crippen LogP contribution in [0.25, 0.3) is 22.3 Å². The molecule has 240 valence electrons. The number of rotatable bonds is 10. The van der Waals surface area contributed by atoms with Gasteiger partial charge in [-0.2, -0.15) is 10.5 Å². The SMILES string of the molecule is N#Cc1c(F)cc(-c2c(F)cc(OC(=O)CCCCCC(=O)Oc3cc(F)c(-c4cc(F)c(C#N)c(F)c4)c(F)c3)cc2F)cc1F. The van der Waals surface area contributed by atoms with E-state index in [0.29, 0.717) is 48.5 Å². The number of nitriles is 2. The number of hydrogen-bond donors (Lipinski definition) is 0. The van der Waals surface area contributed by atoms with Crippen LogP contribution in [0.4, 0.5) is 35.1 Å². The molecule has 4 aromatic carbocycles. The number of carbonyl (C=O) groups excluding carboxylic acids is 2. The van der Waals surface area contributed by atoms with Gasteiger partial charge in [-0.3, -0.25) is 9.59 Å². The molecule has 14 heteroatoms. The van der Waals surface area contributed by atoms with Crippen LogP contribution in [0.2, 0.25) is 0 Å². The first kappa shape index (κ1) is 34.1. The summed E-state index contributed by atoms with van der Waals surface area (Å²) < 4.78 is 124. The van der Waals surface area contributed by atoms with Gasteiger partial charge in [-0.15, -0.1) is 0 Å². The number of benzene rings is 4. The smallest absolute Gasteiger partial charge is 0.311 e. The molecule has 0 aliphatic heterocycles. The lowest BCUT2D eigenvalue weighted by Gasteiger charge is -2.10. The molecular formula is C33H18F8N2O4. The van der Waals surface area contributed by atoms with Crippen LogP contribution in [0.15, 0.2) is 48.5 Å². The van der Waals surface area contributed by atoms with E-state index in [1.165, 1.54) is 12.1 Å². The van der Waals surface area contributed by atoms with Crippen molar-refractivity contribution in [1.82, 2.24) is 0 Å². The molecule has 0 aliphatic rings. The molecule has 0 atom stereocenters. The van der Waals surface area contributed by atoms with E-state index in [0.717, 1.165) is 0 Å². The second kappa shape index (κ2) is 14.6. The number of carbonyl (C=O) groups is 2. The van der Waals surface area contributed by atoms with Crippen LogP contribution in [0, 0.1) is 69.2 Å². The van der Waals surface area contributed by atoms with Gasteiger partial charge < -0.3 is 9.47 Å². The Morgan fingerprint density at radius 1 is 0.489 bits per heavy atom. The van der Waals surface area contributed by atoms with Crippen molar-refractivity contribution in [2.45, 2.75) is 32.1 Å². The summed E-state index contributed by atoms with van der Waals surface area (Å²) in [5.41, 5.74) is -4.50. The van der Waals surface area contributed by atoms with Gasteiger partial charge in [0.05, 0.1) is 11.1 Å². The van der Waals surface area contributed by atoms with Crippen LogP contribution in [0.3, 0.4) is 0 Å². The molecule has 0 saturated carbocycles. The molecule has 0 spiro atoms. The zero-order valence-corrected chi connectivity index (χ0v) is 23.7. The minimum absolute atomic E-state index is 0.161. The van der Waals surface area contributed by atoms with E-state index in [2.05, 4.69) is 0 Å². The van der Waals surface area contributed by atoms with E-state index in [9.17, 15) is 44.7 Å². The monoisotopic (exact) mass is 658 g/mol. The lowest BCUT2D eigenvalue weighted by atomic mass is 10.0. The van der Waals surface area contributed by atoms with Gasteiger partial charge in [-0.05, 0) is 48.2 Å². The van der Waals surface area contributed by atoms with E-state index in [1.807, 2.05) is 0 Å². The van der Waals surface area contributed by atoms with Crippen molar-refractivity contribution in [3.63, 3.8) is 0 Å². The van der Waals surface area contributed by atoms with Crippen LogP contribution < -0.4 is 9.47 Å². The summed E-state index contributed by atoms with van der Waals surface area (Å²) >= 11 is 0. The Balaban J connectivity index is 1.26. The fraction of sp³-hybridized carbons (Fsp3) is 0.152. The van der Waals surface area contributed by atoms with Gasteiger partial charge in [0.1, 0.15) is 81.3 Å². The third-order valence-corrected chi connectivity index (χ3v) is 6.64. The maximum atomic E-state index is 14.6. The molecule has 0 amide bonds. The lowest BCUT2D eigenvalue weighted by molar-refractivity contribution is -0.134. The molecule has 0 N–H and O–H groups in total. The zero-order valence-electron chi connectivity index (χ0n) is 23.7. The molecule has 0 unspecified atom stereocenters. The fourth-order valence-electron chi connectivity index (χ4n) is 4.50. The molecule has 6 nitrogen and oxygen atoms in total. The van der Waals surface area contributed by atoms with Crippen molar-refractivity contribution in [2.75, 3.05) is 0 Å². The maximum Gasteiger partial charge on any atom is 0.311 e. The number of ether oxygens (including phenoxy) is 2. The highest BCUT2D eigenvalue weighted by atomic mass is 19.2. The molecule has 0 heterocycles. The van der Waals surface area contributed by atoms with Gasteiger partial charge in [0, 0.05) is 37.1 Å². The van der Waals surface area contributed by atoms with Crippen LogP contribution >= 0.6 is 0 Å². The fourth-order valence-corrected chi connectivity index (χ4v) is 4.50. The van der Waals surface area contributed by atoms with Gasteiger partial charge in [-0.25, -0.2) is 35.1 Å². The van der Waals surface area contributed by atoms with Crippen molar-refractivity contribution in [3.8, 4) is 45.9 Å². The molecule has 47 heavy (non-hydrogen) atoms. The highest BCUT2D eigenvalue weighted by Gasteiger charge is 2.21. The van der Waals surface area contributed by atoms with Crippen molar-refractivity contribution < 1.29 is 54.2 Å². The third kappa shape index (κ3) is 7.91. The van der Waals surface area contributed by atoms with Gasteiger partial charge >= 0.3 is 11.9 Å². The molecule has 4 aromatic rings. The number of esters is 2. The molecule has 0 saturated heterocycles. The average molecular weight is 659 g/mol. The molecule has 0 radical (unpaired) electrons. The van der Waals surface area contributed by atoms with E-state index >= 15 is 0 Å². The van der Waals surface area contributed by atoms with Gasteiger partial charge in [0.2, 0.25) is 0 Å². The number of unbranched alkanes of at least 4 members (excludes halogenated alkanes) is 2. The summed E-state index contributed by atoms with van der Waals surface area (Å²) in [6, 6.07) is 7.48. The zero-order chi connectivity index (χ0) is 34.4. The Hall–Kier alpha value is -5.76. The summed E-state index contributed by atoms with van der Waals surface area (Å²) in [6.45, 7) is 0. The van der Waals surface area contributed by atoms with Gasteiger partial charge in [0.15, 0.2) is 0 Å². The molecule has 0 fully saturated rings. The summed E-state index contributed by atoms with van der Waals surface area (Å²) in [4.78, 5) is 24.3. The van der Waals surface area contributed by atoms with Crippen molar-refractivity contribution >= 4 is 11.9 Å². The molecular weight excluding hydrogens is 640 g/mol. The predicted octanol–water partition coefficient (Wildman–Crippen LogP) is 8.34. The molecule has 0 aliphatic carbocycles. The Bertz CT molecular complexity index is 1750. The third-order valence-electron chi connectivity index (χ3n) is 6.64. The standard InChI is InChI=1S/C33H18F8N2O4/c34-22-6-16(7-23(35)20(22)14-42)32-26(38)10-18(11-27(32)39)46-30(44)4-2-1-3-5-31(45)47-19-12-28(40)33(29(41)13-19)17-8-24(36)21(15-43)25(37)9-17/h6-13H,1-5H2. The summed E-state index contributed by atoms with van der Waals surface area (Å²) in [5.74, 6) is -13.3. The van der Waals surface area contributed by atoms with Gasteiger partial charge in [0.25, 0.3) is 0 Å². The first-order valence-corrected chi connectivity index (χ1v) is 13.5. The van der Waals surface area contributed by atoms with Gasteiger partial charge in [-0.1, -0.05) is 6.42 Å². The van der Waals surface area contributed by atoms with E-state index in [1.54, 1.807) is 0 Å². The number of hydrogen-bond acceptors (Lipinski definition) is 6. The van der Waals surface area contributed by atoms with E-state index in [-0.39, 0.29) is 32.1 Å². The normalized spacial score (nSPS) is 10.7. The Morgan fingerprint density at radius 3 is 1.06 bits per heavy atom. The summed E-state index contributed by atoms with van der Waals surface area (Å²) in [7, 11) is 0. The van der Waals surface area contributed by atoms with E-state index < -0.39 is 103 Å². The highest BCUT2D eigenvalue weighted by molar-refractivity contribution is 5.74. The topological polar surface area (TPSA) is 100 Å². The first-order valence-electron chi connectivity index (χ1n) is 13.5. The average Bonchev–Trinajstić information content (AvgIpc) is 2.96. The Labute approximate surface area is 261 Å². The largest absolute Gasteiger partial charge is 0.426 e. The first-order chi connectivity index (χ1) is 22.3.